The molecule has 0 aliphatic rings. The highest BCUT2D eigenvalue weighted by atomic mass is 32.2. The summed E-state index contributed by atoms with van der Waals surface area (Å²) in [6.07, 6.45) is 5.06. The van der Waals surface area contributed by atoms with Gasteiger partial charge in [-0.15, -0.1) is 0 Å². The van der Waals surface area contributed by atoms with Crippen molar-refractivity contribution in [3.05, 3.63) is 95.7 Å². The van der Waals surface area contributed by atoms with E-state index in [1.54, 1.807) is 42.8 Å². The van der Waals surface area contributed by atoms with Crippen molar-refractivity contribution >= 4 is 39.3 Å². The van der Waals surface area contributed by atoms with Crippen LogP contribution in [0.15, 0.2) is 83.9 Å². The summed E-state index contributed by atoms with van der Waals surface area (Å²) < 4.78 is 11.7. The number of fused-ring (bicyclic) bond motifs is 1. The SMILES string of the molecule is CC(C)c1cc(-c2cccc(/C=C(/C(=O)O)c3ccc(S(C)=O)cc3)c2)c2ncccc2c1. The average Bonchev–Trinajstić information content (AvgIpc) is 2.82. The van der Waals surface area contributed by atoms with Crippen LogP contribution in [0.4, 0.5) is 0 Å². The Kier molecular flexibility index (Phi) is 6.52. The van der Waals surface area contributed by atoms with Crippen LogP contribution < -0.4 is 0 Å². The maximum atomic E-state index is 12.0. The van der Waals surface area contributed by atoms with E-state index >= 15 is 0 Å². The smallest absolute Gasteiger partial charge is 0.336 e. The predicted molar refractivity (Wildman–Crippen MR) is 136 cm³/mol. The first-order valence-electron chi connectivity index (χ1n) is 10.7. The number of nitrogens with zero attached hydrogens (tertiary/aromatic N) is 1. The Balaban J connectivity index is 1.81. The number of benzene rings is 3. The Morgan fingerprint density at radius 1 is 1.00 bits per heavy atom. The van der Waals surface area contributed by atoms with Crippen molar-refractivity contribution in [1.29, 1.82) is 0 Å². The molecule has 5 heteroatoms. The Morgan fingerprint density at radius 2 is 1.76 bits per heavy atom. The number of hydrogen-bond acceptors (Lipinski definition) is 3. The van der Waals surface area contributed by atoms with Gasteiger partial charge in [0.25, 0.3) is 0 Å². The van der Waals surface area contributed by atoms with Crippen LogP contribution in [0.5, 0.6) is 0 Å². The molecule has 4 aromatic rings. The van der Waals surface area contributed by atoms with Crippen LogP contribution in [-0.4, -0.2) is 26.5 Å². The van der Waals surface area contributed by atoms with Crippen molar-refractivity contribution in [2.75, 3.05) is 6.26 Å². The van der Waals surface area contributed by atoms with E-state index in [0.717, 1.165) is 27.6 Å². The van der Waals surface area contributed by atoms with Gasteiger partial charge in [0.05, 0.1) is 11.1 Å². The number of carboxylic acids is 1. The summed E-state index contributed by atoms with van der Waals surface area (Å²) in [5.41, 5.74) is 5.69. The molecule has 1 N–H and O–H groups in total. The van der Waals surface area contributed by atoms with Crippen molar-refractivity contribution in [3.63, 3.8) is 0 Å². The molecule has 0 bridgehead atoms. The second kappa shape index (κ2) is 9.51. The molecule has 1 unspecified atom stereocenters. The zero-order chi connectivity index (χ0) is 23.5. The molecular weight excluding hydrogens is 430 g/mol. The van der Waals surface area contributed by atoms with Crippen molar-refractivity contribution < 1.29 is 14.1 Å². The molecule has 1 atom stereocenters. The van der Waals surface area contributed by atoms with Crippen LogP contribution in [0.1, 0.15) is 36.5 Å². The van der Waals surface area contributed by atoms with Gasteiger partial charge in [-0.05, 0) is 70.6 Å². The first-order chi connectivity index (χ1) is 15.8. The van der Waals surface area contributed by atoms with Gasteiger partial charge in [0.1, 0.15) is 0 Å². The Morgan fingerprint density at radius 3 is 2.42 bits per heavy atom. The minimum absolute atomic E-state index is 0.180. The Labute approximate surface area is 196 Å². The lowest BCUT2D eigenvalue weighted by molar-refractivity contribution is -0.130. The third kappa shape index (κ3) is 4.94. The highest BCUT2D eigenvalue weighted by Crippen LogP contribution is 2.32. The predicted octanol–water partition coefficient (Wildman–Crippen LogP) is 6.39. The summed E-state index contributed by atoms with van der Waals surface area (Å²) in [4.78, 5) is 17.3. The minimum Gasteiger partial charge on any atom is -0.478 e. The van der Waals surface area contributed by atoms with Crippen LogP contribution >= 0.6 is 0 Å². The molecule has 0 saturated heterocycles. The van der Waals surface area contributed by atoms with Crippen LogP contribution in [0, 0.1) is 0 Å². The van der Waals surface area contributed by atoms with Crippen molar-refractivity contribution in [2.45, 2.75) is 24.7 Å². The number of carbonyl (C=O) groups is 1. The number of hydrogen-bond donors (Lipinski definition) is 1. The molecule has 3 aromatic carbocycles. The van der Waals surface area contributed by atoms with Gasteiger partial charge >= 0.3 is 5.97 Å². The first kappa shape index (κ1) is 22.6. The van der Waals surface area contributed by atoms with Gasteiger partial charge in [0, 0.05) is 39.1 Å². The number of aromatic nitrogens is 1. The van der Waals surface area contributed by atoms with E-state index in [-0.39, 0.29) is 5.57 Å². The highest BCUT2D eigenvalue weighted by molar-refractivity contribution is 7.84. The van der Waals surface area contributed by atoms with Crippen LogP contribution in [0.25, 0.3) is 33.7 Å². The van der Waals surface area contributed by atoms with E-state index in [1.807, 2.05) is 30.3 Å². The molecule has 33 heavy (non-hydrogen) atoms. The molecule has 0 aliphatic heterocycles. The van der Waals surface area contributed by atoms with Gasteiger partial charge in [-0.1, -0.05) is 50.2 Å². The molecule has 0 saturated carbocycles. The summed E-state index contributed by atoms with van der Waals surface area (Å²) in [5, 5.41) is 10.9. The molecule has 166 valence electrons. The fourth-order valence-corrected chi connectivity index (χ4v) is 4.35. The topological polar surface area (TPSA) is 67.3 Å². The molecule has 0 fully saturated rings. The van der Waals surface area contributed by atoms with Gasteiger partial charge < -0.3 is 5.11 Å². The summed E-state index contributed by atoms with van der Waals surface area (Å²) in [6.45, 7) is 4.33. The van der Waals surface area contributed by atoms with Gasteiger partial charge in [-0.2, -0.15) is 0 Å². The van der Waals surface area contributed by atoms with Gasteiger partial charge in [0.2, 0.25) is 0 Å². The number of pyridine rings is 1. The third-order valence-corrected chi connectivity index (χ3v) is 6.57. The van der Waals surface area contributed by atoms with Gasteiger partial charge in [0.15, 0.2) is 0 Å². The Bertz CT molecular complexity index is 1390. The highest BCUT2D eigenvalue weighted by Gasteiger charge is 2.13. The Hall–Kier alpha value is -3.57. The summed E-state index contributed by atoms with van der Waals surface area (Å²) in [5.74, 6) is -0.643. The van der Waals surface area contributed by atoms with E-state index < -0.39 is 16.8 Å². The zero-order valence-electron chi connectivity index (χ0n) is 18.8. The zero-order valence-corrected chi connectivity index (χ0v) is 19.6. The van der Waals surface area contributed by atoms with E-state index in [1.165, 1.54) is 5.56 Å². The van der Waals surface area contributed by atoms with Crippen molar-refractivity contribution in [2.24, 2.45) is 0 Å². The summed E-state index contributed by atoms with van der Waals surface area (Å²) >= 11 is 0. The first-order valence-corrected chi connectivity index (χ1v) is 12.3. The van der Waals surface area contributed by atoms with Gasteiger partial charge in [-0.25, -0.2) is 4.79 Å². The van der Waals surface area contributed by atoms with E-state index in [9.17, 15) is 14.1 Å². The second-order valence-electron chi connectivity index (χ2n) is 8.27. The molecule has 0 amide bonds. The largest absolute Gasteiger partial charge is 0.478 e. The number of rotatable bonds is 6. The lowest BCUT2D eigenvalue weighted by Gasteiger charge is -2.13. The van der Waals surface area contributed by atoms with Crippen LogP contribution in [-0.2, 0) is 15.6 Å². The lowest BCUT2D eigenvalue weighted by atomic mass is 9.93. The summed E-state index contributed by atoms with van der Waals surface area (Å²) in [6, 6.07) is 23.0. The molecule has 0 radical (unpaired) electrons. The average molecular weight is 456 g/mol. The standard InChI is InChI=1S/C28H25NO3S/c1-18(2)23-16-22-8-5-13-29-27(22)25(17-23)21-7-4-6-19(14-21)15-26(28(30)31)20-9-11-24(12-10-20)33(3)32/h4-18H,1-3H3,(H,30,31)/b26-15+. The molecule has 4 nitrogen and oxygen atoms in total. The lowest BCUT2D eigenvalue weighted by Crippen LogP contribution is -2.00. The van der Waals surface area contributed by atoms with Crippen molar-refractivity contribution in [3.8, 4) is 11.1 Å². The molecule has 0 spiro atoms. The van der Waals surface area contributed by atoms with E-state index in [4.69, 9.17) is 0 Å². The summed E-state index contributed by atoms with van der Waals surface area (Å²) in [7, 11) is -1.11. The second-order valence-corrected chi connectivity index (χ2v) is 9.65. The number of aliphatic carboxylic acids is 1. The van der Waals surface area contributed by atoms with E-state index in [0.29, 0.717) is 16.4 Å². The maximum Gasteiger partial charge on any atom is 0.336 e. The minimum atomic E-state index is -1.11. The van der Waals surface area contributed by atoms with Crippen LogP contribution in [0.2, 0.25) is 0 Å². The molecular formula is C28H25NO3S. The fourth-order valence-electron chi connectivity index (χ4n) is 3.83. The molecule has 1 heterocycles. The van der Waals surface area contributed by atoms with Gasteiger partial charge in [-0.3, -0.25) is 9.19 Å². The maximum absolute atomic E-state index is 12.0. The quantitative estimate of drug-likeness (QED) is 0.270. The molecule has 0 aliphatic carbocycles. The normalized spacial score (nSPS) is 12.8. The molecule has 1 aromatic heterocycles. The van der Waals surface area contributed by atoms with Crippen LogP contribution in [0.3, 0.4) is 0 Å². The third-order valence-electron chi connectivity index (χ3n) is 5.63. The molecule has 4 rings (SSSR count). The fraction of sp³-hybridized carbons (Fsp3) is 0.143. The van der Waals surface area contributed by atoms with E-state index in [2.05, 4.69) is 37.0 Å². The monoisotopic (exact) mass is 455 g/mol. The number of carboxylic acid groups (broad SMARTS) is 1. The van der Waals surface area contributed by atoms with Crippen molar-refractivity contribution in [1.82, 2.24) is 4.98 Å².